The van der Waals surface area contributed by atoms with E-state index in [0.717, 1.165) is 0 Å². The molecule has 5 aromatic carbocycles. The summed E-state index contributed by atoms with van der Waals surface area (Å²) < 4.78 is 53.2. The molecule has 0 unspecified atom stereocenters. The molecule has 0 spiro atoms. The highest BCUT2D eigenvalue weighted by atomic mass is 32.2. The number of anilines is 1. The Morgan fingerprint density at radius 1 is 0.820 bits per heavy atom. The van der Waals surface area contributed by atoms with E-state index in [4.69, 9.17) is 14.0 Å². The van der Waals surface area contributed by atoms with E-state index >= 15 is 8.42 Å². The average molecular weight is 834 g/mol. The number of benzene rings is 5. The zero-order chi connectivity index (χ0) is 42.7. The summed E-state index contributed by atoms with van der Waals surface area (Å²) in [6, 6.07) is 41.1. The van der Waals surface area contributed by atoms with Gasteiger partial charge in [-0.25, -0.2) is 17.4 Å². The van der Waals surface area contributed by atoms with Crippen molar-refractivity contribution in [2.24, 2.45) is 0 Å². The Labute approximate surface area is 351 Å². The van der Waals surface area contributed by atoms with Crippen LogP contribution in [0.15, 0.2) is 161 Å². The third-order valence-corrected chi connectivity index (χ3v) is 12.3. The van der Waals surface area contributed by atoms with Gasteiger partial charge in [-0.2, -0.15) is 0 Å². The molecule has 14 nitrogen and oxygen atoms in total. The first-order valence-corrected chi connectivity index (χ1v) is 20.5. The molecule has 0 saturated heterocycles. The van der Waals surface area contributed by atoms with Crippen LogP contribution in [-0.2, 0) is 22.1 Å². The molecule has 8 aromatic rings. The van der Waals surface area contributed by atoms with Gasteiger partial charge in [0.2, 0.25) is 5.76 Å². The van der Waals surface area contributed by atoms with Crippen molar-refractivity contribution in [2.75, 3.05) is 18.5 Å². The van der Waals surface area contributed by atoms with Gasteiger partial charge in [0.1, 0.15) is 28.4 Å². The molecule has 0 aliphatic heterocycles. The van der Waals surface area contributed by atoms with Crippen molar-refractivity contribution in [1.29, 1.82) is 0 Å². The predicted molar refractivity (Wildman–Crippen MR) is 229 cm³/mol. The summed E-state index contributed by atoms with van der Waals surface area (Å²) in [6.45, 7) is 3.29. The molecule has 306 valence electrons. The van der Waals surface area contributed by atoms with Crippen LogP contribution in [0.25, 0.3) is 22.7 Å². The van der Waals surface area contributed by atoms with Crippen LogP contribution in [0.5, 0.6) is 11.5 Å². The molecular weight excluding hydrogens is 795 g/mol. The van der Waals surface area contributed by atoms with Crippen molar-refractivity contribution in [2.45, 2.75) is 30.8 Å². The van der Waals surface area contributed by atoms with Crippen molar-refractivity contribution >= 4 is 21.4 Å². The minimum atomic E-state index is -4.67. The summed E-state index contributed by atoms with van der Waals surface area (Å²) >= 11 is 0. The van der Waals surface area contributed by atoms with E-state index in [-0.39, 0.29) is 40.0 Å². The van der Waals surface area contributed by atoms with Gasteiger partial charge in [0.15, 0.2) is 5.69 Å². The Bertz CT molecular complexity index is 2900. The molecule has 61 heavy (non-hydrogen) atoms. The maximum atomic E-state index is 16.2. The fourth-order valence-electron chi connectivity index (χ4n) is 7.71. The van der Waals surface area contributed by atoms with Crippen molar-refractivity contribution < 1.29 is 27.3 Å². The number of methoxy groups -OCH3 is 2. The number of ether oxygens (including phenoxy) is 2. The summed E-state index contributed by atoms with van der Waals surface area (Å²) in [5.41, 5.74) is 1.91. The quantitative estimate of drug-likeness (QED) is 0.0583. The second kappa shape index (κ2) is 16.5. The van der Waals surface area contributed by atoms with Crippen LogP contribution in [0, 0.1) is 24.0 Å². The van der Waals surface area contributed by atoms with Crippen LogP contribution in [0.1, 0.15) is 33.5 Å². The Hall–Kier alpha value is -7.65. The molecule has 0 radical (unpaired) electrons. The molecule has 0 aliphatic rings. The van der Waals surface area contributed by atoms with Gasteiger partial charge in [-0.3, -0.25) is 15.1 Å². The minimum absolute atomic E-state index is 0.0159. The maximum Gasteiger partial charge on any atom is 0.278 e. The first kappa shape index (κ1) is 40.1. The highest BCUT2D eigenvalue weighted by Gasteiger charge is 2.53. The maximum absolute atomic E-state index is 16.2. The Morgan fingerprint density at radius 2 is 1.43 bits per heavy atom. The van der Waals surface area contributed by atoms with E-state index in [2.05, 4.69) is 20.5 Å². The monoisotopic (exact) mass is 833 g/mol. The lowest BCUT2D eigenvalue weighted by Gasteiger charge is -2.45. The molecule has 0 atom stereocenters. The van der Waals surface area contributed by atoms with Gasteiger partial charge in [-0.1, -0.05) is 120 Å². The van der Waals surface area contributed by atoms with Gasteiger partial charge in [-0.15, -0.1) is 5.10 Å². The second-order valence-corrected chi connectivity index (χ2v) is 15.9. The fraction of sp³-hybridized carbons (Fsp3) is 0.130. The van der Waals surface area contributed by atoms with Crippen LogP contribution in [0.4, 0.5) is 11.4 Å². The van der Waals surface area contributed by atoms with Crippen molar-refractivity contribution in [3.8, 4) is 34.2 Å². The van der Waals surface area contributed by atoms with Crippen LogP contribution < -0.4 is 13.8 Å². The molecule has 8 rings (SSSR count). The molecule has 0 bridgehead atoms. The van der Waals surface area contributed by atoms with Crippen molar-refractivity contribution in [1.82, 2.24) is 25.1 Å². The standard InChI is InChI=1S/C46H39N7O7S/c1-31-28-47-39(32(2)43(31)53(54)55)29-51-30-40(48-50-51)45-44(42(49-60-45)33-17-9-5-10-18-33)52(61(56,57)37-23-15-8-16-24-37)46(34-19-11-6-12-20-34,35-21-13-7-14-22-35)38-26-25-36(58-3)27-41(38)59-4/h5-28,30H,29H2,1-4H3. The third kappa shape index (κ3) is 7.14. The Morgan fingerprint density at radius 3 is 2.02 bits per heavy atom. The summed E-state index contributed by atoms with van der Waals surface area (Å²) in [4.78, 5) is 16.0. The lowest BCUT2D eigenvalue weighted by Crippen LogP contribution is -2.52. The smallest absolute Gasteiger partial charge is 0.278 e. The molecular formula is C46H39N7O7S. The summed E-state index contributed by atoms with van der Waals surface area (Å²) in [6.07, 6.45) is 3.02. The van der Waals surface area contributed by atoms with Gasteiger partial charge in [-0.05, 0) is 49.2 Å². The topological polar surface area (TPSA) is 169 Å². The van der Waals surface area contributed by atoms with Crippen LogP contribution in [0.2, 0.25) is 0 Å². The van der Waals surface area contributed by atoms with E-state index in [1.54, 1.807) is 63.6 Å². The number of sulfonamides is 1. The summed E-state index contributed by atoms with van der Waals surface area (Å²) in [7, 11) is -1.61. The number of nitro groups is 1. The minimum Gasteiger partial charge on any atom is -0.497 e. The average Bonchev–Trinajstić information content (AvgIpc) is 3.94. The zero-order valence-corrected chi connectivity index (χ0v) is 34.4. The van der Waals surface area contributed by atoms with E-state index < -0.39 is 20.5 Å². The number of rotatable bonds is 14. The lowest BCUT2D eigenvalue weighted by molar-refractivity contribution is -0.386. The number of hydrogen-bond acceptors (Lipinski definition) is 11. The van der Waals surface area contributed by atoms with Crippen molar-refractivity contribution in [3.63, 3.8) is 0 Å². The molecule has 0 aliphatic carbocycles. The lowest BCUT2D eigenvalue weighted by atomic mass is 9.76. The van der Waals surface area contributed by atoms with Crippen LogP contribution in [-0.4, -0.2) is 52.7 Å². The first-order valence-electron chi connectivity index (χ1n) is 19.1. The molecule has 0 saturated carbocycles. The number of nitrogens with zero attached hydrogens (tertiary/aromatic N) is 7. The van der Waals surface area contributed by atoms with E-state index in [1.807, 2.05) is 91.0 Å². The number of pyridine rings is 1. The molecule has 15 heteroatoms. The fourth-order valence-corrected chi connectivity index (χ4v) is 9.50. The molecule has 0 fully saturated rings. The molecule has 0 N–H and O–H groups in total. The van der Waals surface area contributed by atoms with Gasteiger partial charge < -0.3 is 14.0 Å². The van der Waals surface area contributed by atoms with E-state index in [0.29, 0.717) is 50.6 Å². The Balaban J connectivity index is 1.50. The second-order valence-electron chi connectivity index (χ2n) is 14.1. The highest BCUT2D eigenvalue weighted by Crippen LogP contribution is 2.54. The SMILES string of the molecule is COc1ccc(C(c2ccccc2)(c2ccccc2)N(c2c(-c3ccccc3)noc2-c2cn(Cc3ncc(C)c([N+](=O)[O-])c3C)nn2)S(=O)(=O)c2ccccc2)c(OC)c1. The van der Waals surface area contributed by atoms with Gasteiger partial charge in [0.05, 0.1) is 48.0 Å². The van der Waals surface area contributed by atoms with Gasteiger partial charge in [0, 0.05) is 29.0 Å². The van der Waals surface area contributed by atoms with Crippen molar-refractivity contribution in [3.05, 3.63) is 196 Å². The van der Waals surface area contributed by atoms with Crippen LogP contribution >= 0.6 is 0 Å². The largest absolute Gasteiger partial charge is 0.497 e. The molecule has 3 heterocycles. The van der Waals surface area contributed by atoms with E-state index in [9.17, 15) is 10.1 Å². The highest BCUT2D eigenvalue weighted by molar-refractivity contribution is 7.93. The van der Waals surface area contributed by atoms with Gasteiger partial charge in [0.25, 0.3) is 15.7 Å². The normalized spacial score (nSPS) is 11.6. The molecule has 3 aromatic heterocycles. The summed E-state index contributed by atoms with van der Waals surface area (Å²) in [5.74, 6) is 0.803. The zero-order valence-electron chi connectivity index (χ0n) is 33.5. The predicted octanol–water partition coefficient (Wildman–Crippen LogP) is 8.77. The summed E-state index contributed by atoms with van der Waals surface area (Å²) in [5, 5.41) is 25.4. The van der Waals surface area contributed by atoms with Gasteiger partial charge >= 0.3 is 0 Å². The number of hydrogen-bond donors (Lipinski definition) is 0. The van der Waals surface area contributed by atoms with Crippen LogP contribution in [0.3, 0.4) is 0 Å². The first-order chi connectivity index (χ1) is 29.6. The number of aryl methyl sites for hydroxylation is 1. The third-order valence-electron chi connectivity index (χ3n) is 10.5. The molecule has 0 amide bonds. The van der Waals surface area contributed by atoms with E-state index in [1.165, 1.54) is 34.4 Å². The Kier molecular flexibility index (Phi) is 10.9. The number of aromatic nitrogens is 5.